The lowest BCUT2D eigenvalue weighted by atomic mass is 10.3. The molecule has 0 radical (unpaired) electrons. The van der Waals surface area contributed by atoms with E-state index in [4.69, 9.17) is 4.52 Å². The number of hydrogen-bond acceptors (Lipinski definition) is 7. The second kappa shape index (κ2) is 6.35. The fourth-order valence-electron chi connectivity index (χ4n) is 1.77. The second-order valence-electron chi connectivity index (χ2n) is 4.44. The number of aromatic hydroxyl groups is 1. The average Bonchev–Trinajstić information content (AvgIpc) is 3.18. The molecule has 1 amide bonds. The Kier molecular flexibility index (Phi) is 4.10. The van der Waals surface area contributed by atoms with E-state index < -0.39 is 0 Å². The second-order valence-corrected chi connectivity index (χ2v) is 5.22. The predicted molar refractivity (Wildman–Crippen MR) is 80.5 cm³/mol. The molecule has 0 aliphatic carbocycles. The van der Waals surface area contributed by atoms with Crippen LogP contribution in [0, 0.1) is 0 Å². The first-order valence-electron chi connectivity index (χ1n) is 6.51. The topological polar surface area (TPSA) is 101 Å². The van der Waals surface area contributed by atoms with Crippen LogP contribution in [0.1, 0.15) is 12.3 Å². The van der Waals surface area contributed by atoms with Crippen LogP contribution >= 0.6 is 11.3 Å². The summed E-state index contributed by atoms with van der Waals surface area (Å²) in [6, 6.07) is 4.93. The van der Waals surface area contributed by atoms with Gasteiger partial charge in [0.15, 0.2) is 11.6 Å². The molecular formula is C14H12N4O3S. The summed E-state index contributed by atoms with van der Waals surface area (Å²) in [5.74, 6) is 0.676. The van der Waals surface area contributed by atoms with Gasteiger partial charge in [-0.2, -0.15) is 16.3 Å². The number of carbonyl (C=O) groups excluding carboxylic acids is 1. The molecule has 112 valence electrons. The highest BCUT2D eigenvalue weighted by Crippen LogP contribution is 2.20. The lowest BCUT2D eigenvalue weighted by Crippen LogP contribution is -2.13. The Hall–Kier alpha value is -2.74. The van der Waals surface area contributed by atoms with Crippen LogP contribution in [0.5, 0.6) is 5.75 Å². The van der Waals surface area contributed by atoms with Gasteiger partial charge in [-0.25, -0.2) is 4.98 Å². The number of hydrogen-bond donors (Lipinski definition) is 2. The fraction of sp³-hybridized carbons (Fsp3) is 0.143. The van der Waals surface area contributed by atoms with E-state index in [-0.39, 0.29) is 23.9 Å². The van der Waals surface area contributed by atoms with Gasteiger partial charge in [-0.1, -0.05) is 5.16 Å². The summed E-state index contributed by atoms with van der Waals surface area (Å²) in [5, 5.41) is 19.8. The summed E-state index contributed by atoms with van der Waals surface area (Å²) in [5.41, 5.74) is 0.892. The molecule has 0 spiro atoms. The quantitative estimate of drug-likeness (QED) is 0.750. The van der Waals surface area contributed by atoms with Crippen LogP contribution in [0.25, 0.3) is 11.4 Å². The Labute approximate surface area is 129 Å². The highest BCUT2D eigenvalue weighted by atomic mass is 32.1. The highest BCUT2D eigenvalue weighted by molar-refractivity contribution is 7.08. The minimum atomic E-state index is -0.288. The maximum atomic E-state index is 11.8. The number of aryl methyl sites for hydroxylation is 1. The third-order valence-corrected chi connectivity index (χ3v) is 3.54. The molecule has 0 aliphatic heterocycles. The molecule has 0 atom stereocenters. The van der Waals surface area contributed by atoms with Crippen LogP contribution in [0.3, 0.4) is 0 Å². The van der Waals surface area contributed by atoms with Crippen molar-refractivity contribution in [3.05, 3.63) is 41.0 Å². The minimum Gasteiger partial charge on any atom is -0.504 e. The number of thiophene rings is 1. The number of rotatable bonds is 5. The van der Waals surface area contributed by atoms with Gasteiger partial charge >= 0.3 is 0 Å². The fourth-order valence-corrected chi connectivity index (χ4v) is 2.41. The van der Waals surface area contributed by atoms with Crippen molar-refractivity contribution < 1.29 is 14.4 Å². The summed E-state index contributed by atoms with van der Waals surface area (Å²) < 4.78 is 5.11. The summed E-state index contributed by atoms with van der Waals surface area (Å²) in [6.07, 6.45) is 1.96. The van der Waals surface area contributed by atoms with E-state index in [1.54, 1.807) is 17.4 Å². The summed E-state index contributed by atoms with van der Waals surface area (Å²) in [4.78, 5) is 19.9. The van der Waals surface area contributed by atoms with Crippen molar-refractivity contribution in [2.24, 2.45) is 0 Å². The van der Waals surface area contributed by atoms with E-state index in [9.17, 15) is 9.90 Å². The van der Waals surface area contributed by atoms with Crippen molar-refractivity contribution in [2.75, 3.05) is 5.32 Å². The Bertz CT molecular complexity index is 770. The maximum absolute atomic E-state index is 11.8. The normalized spacial score (nSPS) is 10.5. The number of nitrogens with zero attached hydrogens (tertiary/aromatic N) is 3. The van der Waals surface area contributed by atoms with E-state index in [2.05, 4.69) is 20.4 Å². The highest BCUT2D eigenvalue weighted by Gasteiger charge is 2.12. The van der Waals surface area contributed by atoms with Crippen LogP contribution in [-0.4, -0.2) is 26.1 Å². The van der Waals surface area contributed by atoms with Crippen molar-refractivity contribution in [2.45, 2.75) is 12.8 Å². The minimum absolute atomic E-state index is 0.0756. The molecule has 3 rings (SSSR count). The van der Waals surface area contributed by atoms with Crippen molar-refractivity contribution >= 4 is 23.1 Å². The Morgan fingerprint density at radius 2 is 2.32 bits per heavy atom. The largest absolute Gasteiger partial charge is 0.504 e. The molecule has 0 aromatic carbocycles. The van der Waals surface area contributed by atoms with Crippen LogP contribution in [0.4, 0.5) is 5.82 Å². The zero-order chi connectivity index (χ0) is 15.4. The summed E-state index contributed by atoms with van der Waals surface area (Å²) in [7, 11) is 0. The van der Waals surface area contributed by atoms with E-state index in [0.717, 1.165) is 5.56 Å². The van der Waals surface area contributed by atoms with Gasteiger partial charge < -0.3 is 14.9 Å². The molecule has 8 heteroatoms. The molecule has 0 saturated heterocycles. The van der Waals surface area contributed by atoms with Crippen LogP contribution in [0.15, 0.2) is 39.7 Å². The lowest BCUT2D eigenvalue weighted by molar-refractivity contribution is -0.116. The van der Waals surface area contributed by atoms with Gasteiger partial charge in [0.25, 0.3) is 0 Å². The third kappa shape index (κ3) is 3.29. The van der Waals surface area contributed by atoms with Gasteiger partial charge in [0.2, 0.25) is 17.6 Å². The van der Waals surface area contributed by atoms with E-state index in [1.165, 1.54) is 12.3 Å². The summed E-state index contributed by atoms with van der Waals surface area (Å²) in [6.45, 7) is 0. The van der Waals surface area contributed by atoms with Crippen LogP contribution in [0.2, 0.25) is 0 Å². The molecule has 0 bridgehead atoms. The van der Waals surface area contributed by atoms with Crippen molar-refractivity contribution in [1.82, 2.24) is 15.1 Å². The van der Waals surface area contributed by atoms with Crippen LogP contribution in [-0.2, 0) is 11.2 Å². The molecule has 0 unspecified atom stereocenters. The number of amides is 1. The molecular weight excluding hydrogens is 304 g/mol. The van der Waals surface area contributed by atoms with Gasteiger partial charge in [-0.3, -0.25) is 4.79 Å². The van der Waals surface area contributed by atoms with Crippen molar-refractivity contribution in [3.8, 4) is 17.1 Å². The molecule has 3 aromatic rings. The number of carbonyl (C=O) groups is 1. The monoisotopic (exact) mass is 316 g/mol. The zero-order valence-corrected chi connectivity index (χ0v) is 12.2. The number of aromatic nitrogens is 3. The van der Waals surface area contributed by atoms with E-state index in [0.29, 0.717) is 18.1 Å². The molecule has 3 heterocycles. The SMILES string of the molecule is O=C(CCc1nc(-c2ccsc2)no1)Nc1ncccc1O. The summed E-state index contributed by atoms with van der Waals surface area (Å²) >= 11 is 1.55. The van der Waals surface area contributed by atoms with Gasteiger partial charge in [0.05, 0.1) is 0 Å². The Morgan fingerprint density at radius 1 is 1.41 bits per heavy atom. The van der Waals surface area contributed by atoms with E-state index >= 15 is 0 Å². The first-order chi connectivity index (χ1) is 10.7. The standard InChI is InChI=1S/C14H12N4O3S/c19-10-2-1-6-15-14(10)16-11(20)3-4-12-17-13(18-21-12)9-5-7-22-8-9/h1-2,5-8,19H,3-4H2,(H,15,16,20). The van der Waals surface area contributed by atoms with Gasteiger partial charge in [-0.15, -0.1) is 0 Å². The number of pyridine rings is 1. The van der Waals surface area contributed by atoms with Gasteiger partial charge in [-0.05, 0) is 23.6 Å². The zero-order valence-electron chi connectivity index (χ0n) is 11.4. The Morgan fingerprint density at radius 3 is 3.09 bits per heavy atom. The van der Waals surface area contributed by atoms with Crippen molar-refractivity contribution in [3.63, 3.8) is 0 Å². The predicted octanol–water partition coefficient (Wildman–Crippen LogP) is 2.47. The molecule has 2 N–H and O–H groups in total. The molecule has 0 fully saturated rings. The third-order valence-electron chi connectivity index (χ3n) is 2.86. The average molecular weight is 316 g/mol. The number of anilines is 1. The number of nitrogens with one attached hydrogen (secondary N) is 1. The molecule has 3 aromatic heterocycles. The first kappa shape index (κ1) is 14.2. The van der Waals surface area contributed by atoms with Gasteiger partial charge in [0, 0.05) is 30.0 Å². The first-order valence-corrected chi connectivity index (χ1v) is 7.45. The lowest BCUT2D eigenvalue weighted by Gasteiger charge is -2.04. The Balaban J connectivity index is 1.56. The van der Waals surface area contributed by atoms with Crippen LogP contribution < -0.4 is 5.32 Å². The van der Waals surface area contributed by atoms with Gasteiger partial charge in [0.1, 0.15) is 0 Å². The van der Waals surface area contributed by atoms with E-state index in [1.807, 2.05) is 16.8 Å². The molecule has 22 heavy (non-hydrogen) atoms. The molecule has 0 saturated carbocycles. The maximum Gasteiger partial charge on any atom is 0.227 e. The molecule has 7 nitrogen and oxygen atoms in total. The molecule has 0 aliphatic rings. The smallest absolute Gasteiger partial charge is 0.227 e. The van der Waals surface area contributed by atoms with Crippen molar-refractivity contribution in [1.29, 1.82) is 0 Å².